The topological polar surface area (TPSA) is 86.3 Å². The van der Waals surface area contributed by atoms with Gasteiger partial charge in [0.25, 0.3) is 5.91 Å². The van der Waals surface area contributed by atoms with Gasteiger partial charge in [0, 0.05) is 37.1 Å². The Balaban J connectivity index is 1.70. The molecule has 8 nitrogen and oxygen atoms in total. The Morgan fingerprint density at radius 3 is 2.77 bits per heavy atom. The van der Waals surface area contributed by atoms with Gasteiger partial charge in [-0.25, -0.2) is 14.2 Å². The number of nitrogens with two attached hydrogens (primary N) is 1. The summed E-state index contributed by atoms with van der Waals surface area (Å²) in [7, 11) is 1.69. The fourth-order valence-corrected chi connectivity index (χ4v) is 4.53. The van der Waals surface area contributed by atoms with Crippen molar-refractivity contribution in [2.24, 2.45) is 12.8 Å². The molecule has 0 aliphatic carbocycles. The van der Waals surface area contributed by atoms with Gasteiger partial charge in [-0.05, 0) is 37.1 Å². The molecule has 1 fully saturated rings. The number of aromatic nitrogens is 4. The van der Waals surface area contributed by atoms with Crippen molar-refractivity contribution in [2.75, 3.05) is 13.1 Å². The Labute approximate surface area is 204 Å². The number of imidazole rings is 1. The number of piperidine rings is 1. The predicted molar refractivity (Wildman–Crippen MR) is 128 cm³/mol. The standard InChI is InChI=1S/C24H20ClF2N7O/c1-29-19-7-5-13(10-17(19)26)23-30-20(24(35)33-9-3-4-14(28)12-33)22(27)34(23)15-6-8-18-16(11-15)21(25)32(2)31-18/h5-8,10-11,14H,3-4,9,12,28H2,2H3/t14-/m1/s1. The van der Waals surface area contributed by atoms with E-state index in [0.29, 0.717) is 41.3 Å². The van der Waals surface area contributed by atoms with E-state index in [1.54, 1.807) is 25.2 Å². The average Bonchev–Trinajstić information content (AvgIpc) is 3.34. The van der Waals surface area contributed by atoms with Gasteiger partial charge in [0.1, 0.15) is 16.8 Å². The summed E-state index contributed by atoms with van der Waals surface area (Å²) < 4.78 is 33.1. The highest BCUT2D eigenvalue weighted by Crippen LogP contribution is 2.32. The van der Waals surface area contributed by atoms with Gasteiger partial charge in [-0.2, -0.15) is 9.49 Å². The van der Waals surface area contributed by atoms with Crippen LogP contribution in [-0.4, -0.2) is 49.3 Å². The maximum atomic E-state index is 15.9. The fourth-order valence-electron chi connectivity index (χ4n) is 4.34. The van der Waals surface area contributed by atoms with Gasteiger partial charge in [0.2, 0.25) is 11.6 Å². The van der Waals surface area contributed by atoms with Crippen LogP contribution in [0.15, 0.2) is 36.4 Å². The van der Waals surface area contributed by atoms with Crippen LogP contribution in [0.4, 0.5) is 14.5 Å². The first-order valence-corrected chi connectivity index (χ1v) is 11.3. The normalized spacial score (nSPS) is 16.0. The van der Waals surface area contributed by atoms with Crippen molar-refractivity contribution in [1.82, 2.24) is 24.2 Å². The van der Waals surface area contributed by atoms with Crippen LogP contribution in [0.1, 0.15) is 23.3 Å². The highest BCUT2D eigenvalue weighted by molar-refractivity contribution is 6.34. The van der Waals surface area contributed by atoms with Crippen LogP contribution < -0.4 is 5.73 Å². The summed E-state index contributed by atoms with van der Waals surface area (Å²) in [5, 5.41) is 5.23. The van der Waals surface area contributed by atoms with Gasteiger partial charge < -0.3 is 10.6 Å². The van der Waals surface area contributed by atoms with E-state index in [0.717, 1.165) is 17.1 Å². The van der Waals surface area contributed by atoms with Gasteiger partial charge >= 0.3 is 0 Å². The summed E-state index contributed by atoms with van der Waals surface area (Å²) in [6, 6.07) is 8.60. The van der Waals surface area contributed by atoms with Crippen molar-refractivity contribution in [3.8, 4) is 17.1 Å². The molecule has 1 amide bonds. The third-order valence-corrected chi connectivity index (χ3v) is 6.55. The lowest BCUT2D eigenvalue weighted by atomic mass is 10.1. The summed E-state index contributed by atoms with van der Waals surface area (Å²) in [5.74, 6) is -2.23. The summed E-state index contributed by atoms with van der Waals surface area (Å²) in [5.41, 5.74) is 6.59. The quantitative estimate of drug-likeness (QED) is 0.425. The molecule has 0 bridgehead atoms. The number of benzene rings is 2. The largest absolute Gasteiger partial charge is 0.336 e. The first kappa shape index (κ1) is 23.0. The van der Waals surface area contributed by atoms with Crippen LogP contribution in [0.25, 0.3) is 32.8 Å². The number of carbonyl (C=O) groups excluding carboxylic acids is 1. The molecule has 35 heavy (non-hydrogen) atoms. The Bertz CT molecular complexity index is 1520. The lowest BCUT2D eigenvalue weighted by Gasteiger charge is -2.30. The molecule has 1 aliphatic heterocycles. The molecular weight excluding hydrogens is 476 g/mol. The molecule has 5 rings (SSSR count). The minimum atomic E-state index is -0.891. The number of rotatable bonds is 3. The number of carbonyl (C=O) groups is 1. The zero-order valence-electron chi connectivity index (χ0n) is 18.7. The van der Waals surface area contributed by atoms with Crippen LogP contribution in [-0.2, 0) is 7.05 Å². The Hall–Kier alpha value is -3.81. The van der Waals surface area contributed by atoms with Gasteiger partial charge in [0.15, 0.2) is 5.69 Å². The number of fused-ring (bicyclic) bond motifs is 1. The Kier molecular flexibility index (Phi) is 5.75. The second-order valence-electron chi connectivity index (χ2n) is 8.46. The summed E-state index contributed by atoms with van der Waals surface area (Å²) >= 11 is 6.35. The van der Waals surface area contributed by atoms with Gasteiger partial charge in [-0.3, -0.25) is 14.0 Å². The first-order valence-electron chi connectivity index (χ1n) is 10.9. The minimum Gasteiger partial charge on any atom is -0.336 e. The molecule has 1 saturated heterocycles. The molecule has 2 aromatic heterocycles. The molecule has 11 heteroatoms. The number of hydrogen-bond acceptors (Lipinski definition) is 4. The Morgan fingerprint density at radius 1 is 1.26 bits per heavy atom. The van der Waals surface area contributed by atoms with Gasteiger partial charge in [-0.15, -0.1) is 0 Å². The van der Waals surface area contributed by atoms with E-state index in [4.69, 9.17) is 23.9 Å². The molecule has 0 spiro atoms. The van der Waals surface area contributed by atoms with Crippen LogP contribution >= 0.6 is 11.6 Å². The molecule has 0 unspecified atom stereocenters. The van der Waals surface area contributed by atoms with Crippen molar-refractivity contribution in [3.63, 3.8) is 0 Å². The number of likely N-dealkylation sites (tertiary alicyclic amines) is 1. The lowest BCUT2D eigenvalue weighted by molar-refractivity contribution is 0.0698. The van der Waals surface area contributed by atoms with Gasteiger partial charge in [0.05, 0.1) is 17.8 Å². The number of halogens is 3. The summed E-state index contributed by atoms with van der Waals surface area (Å²) in [4.78, 5) is 22.2. The van der Waals surface area contributed by atoms with E-state index in [2.05, 4.69) is 14.9 Å². The molecule has 3 heterocycles. The monoisotopic (exact) mass is 495 g/mol. The van der Waals surface area contributed by atoms with Crippen LogP contribution in [0.5, 0.6) is 0 Å². The molecule has 0 radical (unpaired) electrons. The summed E-state index contributed by atoms with van der Waals surface area (Å²) in [6.45, 7) is 7.82. The van der Waals surface area contributed by atoms with E-state index in [1.165, 1.54) is 21.7 Å². The SMILES string of the molecule is [C-]#[N+]c1ccc(-c2nc(C(=O)N3CCC[C@@H](N)C3)c(F)n2-c2ccc3nn(C)c(Cl)c3c2)cc1F. The fraction of sp³-hybridized carbons (Fsp3) is 0.250. The third kappa shape index (κ3) is 3.92. The second kappa shape index (κ2) is 8.76. The van der Waals surface area contributed by atoms with Gasteiger partial charge in [-0.1, -0.05) is 23.7 Å². The lowest BCUT2D eigenvalue weighted by Crippen LogP contribution is -2.46. The van der Waals surface area contributed by atoms with Crippen molar-refractivity contribution in [2.45, 2.75) is 18.9 Å². The van der Waals surface area contributed by atoms with E-state index in [1.807, 2.05) is 0 Å². The molecule has 1 aliphatic rings. The number of aryl methyl sites for hydroxylation is 1. The average molecular weight is 496 g/mol. The third-order valence-electron chi connectivity index (χ3n) is 6.10. The van der Waals surface area contributed by atoms with Crippen LogP contribution in [0, 0.1) is 18.3 Å². The smallest absolute Gasteiger partial charge is 0.277 e. The number of nitrogens with zero attached hydrogens (tertiary/aromatic N) is 6. The highest BCUT2D eigenvalue weighted by atomic mass is 35.5. The van der Waals surface area contributed by atoms with Crippen molar-refractivity contribution in [1.29, 1.82) is 0 Å². The maximum Gasteiger partial charge on any atom is 0.277 e. The van der Waals surface area contributed by atoms with E-state index >= 15 is 4.39 Å². The molecular formula is C24H20ClF2N7O. The van der Waals surface area contributed by atoms with Crippen molar-refractivity contribution >= 4 is 34.1 Å². The molecule has 178 valence electrons. The van der Waals surface area contributed by atoms with E-state index in [-0.39, 0.29) is 28.8 Å². The number of hydrogen-bond donors (Lipinski definition) is 1. The Morgan fingerprint density at radius 2 is 2.06 bits per heavy atom. The zero-order chi connectivity index (χ0) is 24.9. The predicted octanol–water partition coefficient (Wildman–Crippen LogP) is 4.47. The second-order valence-corrected chi connectivity index (χ2v) is 8.82. The van der Waals surface area contributed by atoms with E-state index < -0.39 is 17.7 Å². The summed E-state index contributed by atoms with van der Waals surface area (Å²) in [6.07, 6.45) is 1.49. The molecule has 0 saturated carbocycles. The highest BCUT2D eigenvalue weighted by Gasteiger charge is 2.30. The molecule has 2 aromatic carbocycles. The van der Waals surface area contributed by atoms with Crippen LogP contribution in [0.2, 0.25) is 5.15 Å². The van der Waals surface area contributed by atoms with Crippen molar-refractivity contribution in [3.05, 3.63) is 70.4 Å². The molecule has 2 N–H and O–H groups in total. The molecule has 1 atom stereocenters. The maximum absolute atomic E-state index is 15.9. The van der Waals surface area contributed by atoms with Crippen LogP contribution in [0.3, 0.4) is 0 Å². The van der Waals surface area contributed by atoms with Crippen molar-refractivity contribution < 1.29 is 13.6 Å². The minimum absolute atomic E-state index is 0.0157. The zero-order valence-corrected chi connectivity index (χ0v) is 19.4. The first-order chi connectivity index (χ1) is 16.8. The molecule has 4 aromatic rings. The van der Waals surface area contributed by atoms with E-state index in [9.17, 15) is 9.18 Å². The number of amides is 1.